The highest BCUT2D eigenvalue weighted by molar-refractivity contribution is 5.82. The topological polar surface area (TPSA) is 117 Å². The van der Waals surface area contributed by atoms with E-state index in [0.29, 0.717) is 18.7 Å². The minimum absolute atomic E-state index is 0.219. The van der Waals surface area contributed by atoms with Gasteiger partial charge in [-0.05, 0) is 12.8 Å². The fourth-order valence-electron chi connectivity index (χ4n) is 1.61. The van der Waals surface area contributed by atoms with Crippen LogP contribution in [0.25, 0.3) is 0 Å². The molecule has 1 aliphatic rings. The largest absolute Gasteiger partial charge is 0.479 e. The molecule has 2 heterocycles. The van der Waals surface area contributed by atoms with E-state index in [1.807, 2.05) is 0 Å². The van der Waals surface area contributed by atoms with Crippen molar-refractivity contribution in [1.29, 1.82) is 0 Å². The maximum absolute atomic E-state index is 11.6. The molecule has 1 aliphatic heterocycles. The molecule has 1 amide bonds. The third-order valence-corrected chi connectivity index (χ3v) is 2.48. The zero-order valence-electron chi connectivity index (χ0n) is 8.92. The van der Waals surface area contributed by atoms with Crippen molar-refractivity contribution in [3.8, 4) is 0 Å². The Morgan fingerprint density at radius 1 is 1.53 bits per heavy atom. The number of carboxylic acid groups (broad SMARTS) is 1. The van der Waals surface area contributed by atoms with Crippen molar-refractivity contribution >= 4 is 11.9 Å². The molecular formula is C9H12N4O4. The van der Waals surface area contributed by atoms with Crippen molar-refractivity contribution in [2.24, 2.45) is 0 Å². The molecule has 1 fully saturated rings. The zero-order chi connectivity index (χ0) is 12.3. The molecule has 0 aromatic carbocycles. The van der Waals surface area contributed by atoms with E-state index in [-0.39, 0.29) is 12.5 Å². The summed E-state index contributed by atoms with van der Waals surface area (Å²) in [5.74, 6) is -0.827. The molecule has 0 unspecified atom stereocenters. The van der Waals surface area contributed by atoms with Crippen molar-refractivity contribution in [2.45, 2.75) is 31.6 Å². The average molecular weight is 240 g/mol. The van der Waals surface area contributed by atoms with Crippen LogP contribution in [-0.2, 0) is 20.9 Å². The van der Waals surface area contributed by atoms with Crippen LogP contribution in [0.4, 0.5) is 0 Å². The lowest BCUT2D eigenvalue weighted by Gasteiger charge is -2.10. The average Bonchev–Trinajstić information content (AvgIpc) is 2.96. The number of carbonyl (C=O) groups excluding carboxylic acids is 1. The molecular weight excluding hydrogens is 228 g/mol. The third-order valence-electron chi connectivity index (χ3n) is 2.48. The van der Waals surface area contributed by atoms with Crippen molar-refractivity contribution in [3.05, 3.63) is 12.2 Å². The Bertz CT molecular complexity index is 405. The number of rotatable bonds is 4. The van der Waals surface area contributed by atoms with Gasteiger partial charge < -0.3 is 15.2 Å². The summed E-state index contributed by atoms with van der Waals surface area (Å²) in [7, 11) is 0. The summed E-state index contributed by atoms with van der Waals surface area (Å²) in [6, 6.07) is 0. The van der Waals surface area contributed by atoms with Gasteiger partial charge in [0.25, 0.3) is 0 Å². The number of aromatic nitrogens is 3. The number of aliphatic carboxylic acids is 1. The predicted octanol–water partition coefficient (Wildman–Crippen LogP) is -0.947. The number of H-pyrrole nitrogens is 1. The minimum atomic E-state index is -1.03. The number of hydrogen-bond acceptors (Lipinski definition) is 5. The van der Waals surface area contributed by atoms with Crippen LogP contribution in [0.3, 0.4) is 0 Å². The smallest absolute Gasteiger partial charge is 0.332 e. The number of amides is 1. The molecule has 0 saturated carbocycles. The first kappa shape index (κ1) is 11.5. The first-order valence-corrected chi connectivity index (χ1v) is 5.17. The Morgan fingerprint density at radius 2 is 2.29 bits per heavy atom. The van der Waals surface area contributed by atoms with Crippen molar-refractivity contribution in [1.82, 2.24) is 20.5 Å². The summed E-state index contributed by atoms with van der Waals surface area (Å²) < 4.78 is 5.10. The molecule has 17 heavy (non-hydrogen) atoms. The second-order valence-electron chi connectivity index (χ2n) is 3.68. The molecule has 0 bridgehead atoms. The van der Waals surface area contributed by atoms with Crippen LogP contribution in [0.2, 0.25) is 0 Å². The molecule has 1 saturated heterocycles. The molecule has 2 atom stereocenters. The predicted molar refractivity (Wildman–Crippen MR) is 53.8 cm³/mol. The van der Waals surface area contributed by atoms with Crippen LogP contribution >= 0.6 is 0 Å². The SMILES string of the molecule is O=C(NCc1ncn[nH]1)[C@@H]1CC[C@H](C(=O)O)O1. The molecule has 0 radical (unpaired) electrons. The molecule has 1 aromatic heterocycles. The fourth-order valence-corrected chi connectivity index (χ4v) is 1.61. The van der Waals surface area contributed by atoms with E-state index in [2.05, 4.69) is 20.5 Å². The third kappa shape index (κ3) is 2.78. The Morgan fingerprint density at radius 3 is 2.88 bits per heavy atom. The lowest BCUT2D eigenvalue weighted by Crippen LogP contribution is -2.35. The first-order valence-electron chi connectivity index (χ1n) is 5.17. The normalized spacial score (nSPS) is 23.5. The van der Waals surface area contributed by atoms with Crippen LogP contribution in [0.15, 0.2) is 6.33 Å². The van der Waals surface area contributed by atoms with Gasteiger partial charge in [0.15, 0.2) is 6.10 Å². The fraction of sp³-hybridized carbons (Fsp3) is 0.556. The van der Waals surface area contributed by atoms with Gasteiger partial charge in [-0.1, -0.05) is 0 Å². The highest BCUT2D eigenvalue weighted by Crippen LogP contribution is 2.19. The first-order chi connectivity index (χ1) is 8.16. The molecule has 8 nitrogen and oxygen atoms in total. The van der Waals surface area contributed by atoms with Crippen LogP contribution in [0.1, 0.15) is 18.7 Å². The lowest BCUT2D eigenvalue weighted by molar-refractivity contribution is -0.151. The summed E-state index contributed by atoms with van der Waals surface area (Å²) >= 11 is 0. The number of carbonyl (C=O) groups is 2. The zero-order valence-corrected chi connectivity index (χ0v) is 8.92. The number of ether oxygens (including phenoxy) is 1. The van der Waals surface area contributed by atoms with Crippen molar-refractivity contribution < 1.29 is 19.4 Å². The standard InChI is InChI=1S/C9H12N4O4/c14-8(10-3-7-11-4-12-13-7)5-1-2-6(17-5)9(15)16/h4-6H,1-3H2,(H,10,14)(H,15,16)(H,11,12,13)/t5-,6+/m0/s1. The van der Waals surface area contributed by atoms with Gasteiger partial charge in [-0.25, -0.2) is 9.78 Å². The maximum Gasteiger partial charge on any atom is 0.332 e. The van der Waals surface area contributed by atoms with E-state index in [4.69, 9.17) is 9.84 Å². The summed E-state index contributed by atoms with van der Waals surface area (Å²) in [5.41, 5.74) is 0. The summed E-state index contributed by atoms with van der Waals surface area (Å²) in [6.45, 7) is 0.219. The number of nitrogens with one attached hydrogen (secondary N) is 2. The number of carboxylic acids is 1. The number of aromatic amines is 1. The Hall–Kier alpha value is -1.96. The van der Waals surface area contributed by atoms with Crippen LogP contribution in [-0.4, -0.2) is 44.4 Å². The van der Waals surface area contributed by atoms with E-state index in [9.17, 15) is 9.59 Å². The number of hydrogen-bond donors (Lipinski definition) is 3. The van der Waals surface area contributed by atoms with Gasteiger partial charge in [0, 0.05) is 0 Å². The summed E-state index contributed by atoms with van der Waals surface area (Å²) in [6.07, 6.45) is 0.540. The molecule has 8 heteroatoms. The van der Waals surface area contributed by atoms with Gasteiger partial charge in [-0.15, -0.1) is 0 Å². The van der Waals surface area contributed by atoms with E-state index in [0.717, 1.165) is 0 Å². The van der Waals surface area contributed by atoms with E-state index in [1.54, 1.807) is 0 Å². The van der Waals surface area contributed by atoms with Gasteiger partial charge in [-0.3, -0.25) is 9.89 Å². The van der Waals surface area contributed by atoms with Crippen LogP contribution in [0.5, 0.6) is 0 Å². The molecule has 92 valence electrons. The van der Waals surface area contributed by atoms with E-state index in [1.165, 1.54) is 6.33 Å². The molecule has 0 spiro atoms. The molecule has 1 aromatic rings. The Kier molecular flexibility index (Phi) is 3.33. The van der Waals surface area contributed by atoms with E-state index < -0.39 is 18.2 Å². The van der Waals surface area contributed by atoms with Gasteiger partial charge in [0.2, 0.25) is 5.91 Å². The monoisotopic (exact) mass is 240 g/mol. The van der Waals surface area contributed by atoms with Crippen LogP contribution in [0, 0.1) is 0 Å². The second-order valence-corrected chi connectivity index (χ2v) is 3.68. The Balaban J connectivity index is 1.79. The van der Waals surface area contributed by atoms with Crippen LogP contribution < -0.4 is 5.32 Å². The number of nitrogens with zero attached hydrogens (tertiary/aromatic N) is 2. The van der Waals surface area contributed by atoms with Crippen molar-refractivity contribution in [3.63, 3.8) is 0 Å². The summed E-state index contributed by atoms with van der Waals surface area (Å²) in [5, 5.41) is 17.5. The highest BCUT2D eigenvalue weighted by atomic mass is 16.5. The molecule has 3 N–H and O–H groups in total. The van der Waals surface area contributed by atoms with Gasteiger partial charge >= 0.3 is 5.97 Å². The summed E-state index contributed by atoms with van der Waals surface area (Å²) in [4.78, 5) is 26.1. The van der Waals surface area contributed by atoms with Gasteiger partial charge in [0.05, 0.1) is 6.54 Å². The molecule has 2 rings (SSSR count). The van der Waals surface area contributed by atoms with Crippen molar-refractivity contribution in [2.75, 3.05) is 0 Å². The lowest BCUT2D eigenvalue weighted by atomic mass is 10.2. The molecule has 0 aliphatic carbocycles. The highest BCUT2D eigenvalue weighted by Gasteiger charge is 2.34. The van der Waals surface area contributed by atoms with Gasteiger partial charge in [-0.2, -0.15) is 5.10 Å². The van der Waals surface area contributed by atoms with E-state index >= 15 is 0 Å². The minimum Gasteiger partial charge on any atom is -0.479 e. The van der Waals surface area contributed by atoms with Gasteiger partial charge in [0.1, 0.15) is 18.3 Å². The Labute approximate surface area is 96.4 Å². The second kappa shape index (κ2) is 4.91. The quantitative estimate of drug-likeness (QED) is 0.624. The maximum atomic E-state index is 11.6.